The number of hydrogen-bond acceptors (Lipinski definition) is 9. The van der Waals surface area contributed by atoms with Crippen LogP contribution in [0.4, 0.5) is 9.59 Å². The van der Waals surface area contributed by atoms with Crippen LogP contribution in [0, 0.1) is 26.7 Å². The molecule has 0 unspecified atom stereocenters. The van der Waals surface area contributed by atoms with Gasteiger partial charge in [-0.3, -0.25) is 19.3 Å². The molecule has 1 heterocycles. The van der Waals surface area contributed by atoms with Gasteiger partial charge in [0.15, 0.2) is 0 Å². The summed E-state index contributed by atoms with van der Waals surface area (Å²) < 4.78 is 22.2. The molecular formula is C38H63N5O9. The molecule has 0 aliphatic carbocycles. The maximum atomic E-state index is 13.5. The lowest BCUT2D eigenvalue weighted by Gasteiger charge is -2.30. The standard InChI is InChI=1S/C38H63N5O9/c1-22(2)30(42-34(45)29-18-14-20-43(29)37(48)52-38(8,9)10)35(46)41-28(33(44)40-23(3)4)17-13-19-39-36(47)51-21-15-16-27-26(7)31(49-11)24(5)25(6)32(27)50-12/h22-23,28-30H,13-21H2,1-12H3,(H,39,47)(H,40,44)(H,41,46)(H,42,45)/t28-,29-,30-/m0/s1. The van der Waals surface area contributed by atoms with Crippen molar-refractivity contribution in [3.05, 3.63) is 22.3 Å². The second-order valence-corrected chi connectivity index (χ2v) is 15.0. The minimum atomic E-state index is -0.954. The first-order valence-electron chi connectivity index (χ1n) is 18.3. The summed E-state index contributed by atoms with van der Waals surface area (Å²) in [4.78, 5) is 66.6. The van der Waals surface area contributed by atoms with Crippen LogP contribution >= 0.6 is 0 Å². The zero-order valence-electron chi connectivity index (χ0n) is 33.4. The van der Waals surface area contributed by atoms with Gasteiger partial charge in [0.1, 0.15) is 35.2 Å². The Labute approximate surface area is 309 Å². The molecule has 1 aliphatic heterocycles. The highest BCUT2D eigenvalue weighted by atomic mass is 16.6. The molecule has 0 spiro atoms. The molecule has 14 heteroatoms. The highest BCUT2D eigenvalue weighted by Gasteiger charge is 2.39. The monoisotopic (exact) mass is 733 g/mol. The smallest absolute Gasteiger partial charge is 0.410 e. The van der Waals surface area contributed by atoms with Crippen LogP contribution in [-0.4, -0.2) is 98.5 Å². The van der Waals surface area contributed by atoms with Gasteiger partial charge in [0.2, 0.25) is 17.7 Å². The zero-order valence-corrected chi connectivity index (χ0v) is 33.4. The average molecular weight is 734 g/mol. The summed E-state index contributed by atoms with van der Waals surface area (Å²) in [7, 11) is 3.29. The van der Waals surface area contributed by atoms with Crippen molar-refractivity contribution >= 4 is 29.9 Å². The van der Waals surface area contributed by atoms with Crippen LogP contribution in [0.2, 0.25) is 0 Å². The Kier molecular flexibility index (Phi) is 17.0. The van der Waals surface area contributed by atoms with Gasteiger partial charge in [-0.15, -0.1) is 0 Å². The Morgan fingerprint density at radius 2 is 1.48 bits per heavy atom. The maximum absolute atomic E-state index is 13.5. The van der Waals surface area contributed by atoms with Gasteiger partial charge in [0.05, 0.1) is 20.8 Å². The van der Waals surface area contributed by atoms with Crippen LogP contribution in [0.15, 0.2) is 0 Å². The highest BCUT2D eigenvalue weighted by molar-refractivity contribution is 5.94. The van der Waals surface area contributed by atoms with E-state index in [2.05, 4.69) is 21.3 Å². The van der Waals surface area contributed by atoms with E-state index in [4.69, 9.17) is 18.9 Å². The number of carbonyl (C=O) groups is 5. The van der Waals surface area contributed by atoms with Gasteiger partial charge >= 0.3 is 12.2 Å². The Morgan fingerprint density at radius 3 is 2.06 bits per heavy atom. The summed E-state index contributed by atoms with van der Waals surface area (Å²) in [5.74, 6) is -0.0263. The Bertz CT molecular complexity index is 1410. The van der Waals surface area contributed by atoms with E-state index in [1.54, 1.807) is 48.8 Å². The van der Waals surface area contributed by atoms with E-state index >= 15 is 0 Å². The van der Waals surface area contributed by atoms with E-state index in [1.165, 1.54) is 4.90 Å². The van der Waals surface area contributed by atoms with Crippen LogP contribution in [0.5, 0.6) is 11.5 Å². The van der Waals surface area contributed by atoms with Gasteiger partial charge in [-0.25, -0.2) is 9.59 Å². The predicted octanol–water partition coefficient (Wildman–Crippen LogP) is 4.62. The number of ether oxygens (including phenoxy) is 4. The quantitative estimate of drug-likeness (QED) is 0.167. The first kappa shape index (κ1) is 43.9. The molecule has 294 valence electrons. The van der Waals surface area contributed by atoms with Crippen LogP contribution in [0.3, 0.4) is 0 Å². The third-order valence-electron chi connectivity index (χ3n) is 8.96. The molecule has 0 aromatic heterocycles. The van der Waals surface area contributed by atoms with E-state index in [0.717, 1.165) is 33.8 Å². The van der Waals surface area contributed by atoms with E-state index in [-0.39, 0.29) is 37.4 Å². The van der Waals surface area contributed by atoms with Crippen LogP contribution in [0.1, 0.15) is 103 Å². The van der Waals surface area contributed by atoms with Crippen LogP contribution < -0.4 is 30.7 Å². The third-order valence-corrected chi connectivity index (χ3v) is 8.96. The number of benzene rings is 1. The fraction of sp³-hybridized carbons (Fsp3) is 0.711. The van der Waals surface area contributed by atoms with E-state index in [0.29, 0.717) is 38.6 Å². The van der Waals surface area contributed by atoms with Crippen molar-refractivity contribution in [2.24, 2.45) is 5.92 Å². The number of hydrogen-bond donors (Lipinski definition) is 4. The van der Waals surface area contributed by atoms with Gasteiger partial charge in [0, 0.05) is 24.7 Å². The largest absolute Gasteiger partial charge is 0.496 e. The molecule has 1 aromatic rings. The summed E-state index contributed by atoms with van der Waals surface area (Å²) in [6, 6.07) is -2.80. The number of nitrogens with zero attached hydrogens (tertiary/aromatic N) is 1. The Morgan fingerprint density at radius 1 is 0.846 bits per heavy atom. The van der Waals surface area contributed by atoms with E-state index in [9.17, 15) is 24.0 Å². The molecule has 0 saturated carbocycles. The Balaban J connectivity index is 1.95. The normalized spacial score (nSPS) is 15.5. The first-order chi connectivity index (χ1) is 24.3. The second-order valence-electron chi connectivity index (χ2n) is 15.0. The molecule has 1 saturated heterocycles. The lowest BCUT2D eigenvalue weighted by molar-refractivity contribution is -0.134. The number of likely N-dealkylation sites (tertiary alicyclic amines) is 1. The van der Waals surface area contributed by atoms with Crippen molar-refractivity contribution in [1.82, 2.24) is 26.2 Å². The van der Waals surface area contributed by atoms with Gasteiger partial charge < -0.3 is 40.2 Å². The summed E-state index contributed by atoms with van der Waals surface area (Å²) >= 11 is 0. The topological polar surface area (TPSA) is 174 Å². The van der Waals surface area contributed by atoms with E-state index in [1.807, 2.05) is 34.6 Å². The molecule has 5 amide bonds. The minimum Gasteiger partial charge on any atom is -0.496 e. The molecule has 0 bridgehead atoms. The fourth-order valence-corrected chi connectivity index (χ4v) is 6.28. The maximum Gasteiger partial charge on any atom is 0.410 e. The van der Waals surface area contributed by atoms with Gasteiger partial charge in [-0.2, -0.15) is 0 Å². The molecular weight excluding hydrogens is 670 g/mol. The molecule has 3 atom stereocenters. The van der Waals surface area contributed by atoms with Crippen molar-refractivity contribution in [1.29, 1.82) is 0 Å². The van der Waals surface area contributed by atoms with Crippen molar-refractivity contribution in [2.45, 2.75) is 138 Å². The lowest BCUT2D eigenvalue weighted by Crippen LogP contribution is -2.58. The number of alkyl carbamates (subject to hydrolysis) is 1. The summed E-state index contributed by atoms with van der Waals surface area (Å²) in [6.45, 7) is 19.3. The number of methoxy groups -OCH3 is 2. The number of nitrogens with one attached hydrogen (secondary N) is 4. The van der Waals surface area contributed by atoms with Crippen molar-refractivity contribution in [3.63, 3.8) is 0 Å². The van der Waals surface area contributed by atoms with Gasteiger partial charge in [-0.05, 0) is 117 Å². The molecule has 52 heavy (non-hydrogen) atoms. The zero-order chi connectivity index (χ0) is 39.3. The summed E-state index contributed by atoms with van der Waals surface area (Å²) in [5.41, 5.74) is 3.33. The number of rotatable bonds is 17. The molecule has 4 N–H and O–H groups in total. The van der Waals surface area contributed by atoms with Gasteiger partial charge in [-0.1, -0.05) is 13.8 Å². The Hall–Kier alpha value is -4.23. The van der Waals surface area contributed by atoms with E-state index < -0.39 is 47.7 Å². The SMILES string of the molecule is COc1c(C)c(C)c(OC)c(CCCOC(=O)NCCC[C@H](NC(=O)[C@@H](NC(=O)[C@@H]2CCCN2C(=O)OC(C)(C)C)C(C)C)C(=O)NC(C)C)c1C. The fourth-order valence-electron chi connectivity index (χ4n) is 6.28. The average Bonchev–Trinajstić information content (AvgIpc) is 3.55. The molecule has 1 aromatic carbocycles. The predicted molar refractivity (Wildman–Crippen MR) is 199 cm³/mol. The number of carbonyl (C=O) groups excluding carboxylic acids is 5. The molecule has 2 rings (SSSR count). The summed E-state index contributed by atoms with van der Waals surface area (Å²) in [6.07, 6.45) is 1.73. The number of amides is 5. The van der Waals surface area contributed by atoms with Crippen molar-refractivity contribution < 1.29 is 42.9 Å². The van der Waals surface area contributed by atoms with Crippen molar-refractivity contribution in [3.8, 4) is 11.5 Å². The summed E-state index contributed by atoms with van der Waals surface area (Å²) in [5, 5.41) is 11.2. The van der Waals surface area contributed by atoms with Crippen LogP contribution in [-0.2, 0) is 30.3 Å². The second kappa shape index (κ2) is 20.1. The lowest BCUT2D eigenvalue weighted by atomic mass is 9.94. The minimum absolute atomic E-state index is 0.171. The molecule has 1 aliphatic rings. The molecule has 0 radical (unpaired) electrons. The van der Waals surface area contributed by atoms with Crippen molar-refractivity contribution in [2.75, 3.05) is 33.9 Å². The molecule has 1 fully saturated rings. The molecule has 14 nitrogen and oxygen atoms in total. The first-order valence-corrected chi connectivity index (χ1v) is 18.3. The third kappa shape index (κ3) is 12.8. The highest BCUT2D eigenvalue weighted by Crippen LogP contribution is 2.38. The van der Waals surface area contributed by atoms with Gasteiger partial charge in [0.25, 0.3) is 0 Å². The van der Waals surface area contributed by atoms with Crippen LogP contribution in [0.25, 0.3) is 0 Å².